The predicted octanol–water partition coefficient (Wildman–Crippen LogP) is 1.61. The van der Waals surface area contributed by atoms with E-state index < -0.39 is 11.7 Å². The van der Waals surface area contributed by atoms with Crippen LogP contribution >= 0.6 is 0 Å². The lowest BCUT2D eigenvalue weighted by Gasteiger charge is -2.35. The molecule has 0 aliphatic carbocycles. The molecular formula is C28H25N5O5. The number of aromatic nitrogens is 1. The van der Waals surface area contributed by atoms with E-state index in [0.29, 0.717) is 59.5 Å². The van der Waals surface area contributed by atoms with Gasteiger partial charge in [0.25, 0.3) is 11.8 Å². The molecule has 38 heavy (non-hydrogen) atoms. The Hall–Kier alpha value is -4.86. The van der Waals surface area contributed by atoms with Crippen molar-refractivity contribution in [3.8, 4) is 11.5 Å². The summed E-state index contributed by atoms with van der Waals surface area (Å²) in [4.78, 5) is 55.3. The average molecular weight is 512 g/mol. The summed E-state index contributed by atoms with van der Waals surface area (Å²) in [7, 11) is 2.98. The highest BCUT2D eigenvalue weighted by molar-refractivity contribution is 6.10. The van der Waals surface area contributed by atoms with Crippen LogP contribution in [-0.4, -0.2) is 67.9 Å². The largest absolute Gasteiger partial charge is 0.493 e. The van der Waals surface area contributed by atoms with Gasteiger partial charge in [-0.2, -0.15) is 0 Å². The molecule has 192 valence electrons. The summed E-state index contributed by atoms with van der Waals surface area (Å²) in [6.07, 6.45) is 2.90. The van der Waals surface area contributed by atoms with Gasteiger partial charge in [-0.05, 0) is 48.5 Å². The number of benzene rings is 2. The molecule has 2 amide bonds. The van der Waals surface area contributed by atoms with Crippen molar-refractivity contribution >= 4 is 23.4 Å². The van der Waals surface area contributed by atoms with Crippen molar-refractivity contribution in [2.75, 3.05) is 45.3 Å². The summed E-state index contributed by atoms with van der Waals surface area (Å²) < 4.78 is 10.4. The Morgan fingerprint density at radius 2 is 1.61 bits per heavy atom. The third-order valence-electron chi connectivity index (χ3n) is 6.38. The highest BCUT2D eigenvalue weighted by Crippen LogP contribution is 2.28. The number of carbonyl (C=O) groups excluding carboxylic acids is 3. The fraction of sp³-hybridized carbons (Fsp3) is 0.214. The van der Waals surface area contributed by atoms with Crippen LogP contribution in [0, 0.1) is 0 Å². The third-order valence-corrected chi connectivity index (χ3v) is 6.38. The predicted molar refractivity (Wildman–Crippen MR) is 138 cm³/mol. The molecule has 10 heteroatoms. The number of ether oxygens (including phenoxy) is 2. The molecule has 0 unspecified atom stereocenters. The van der Waals surface area contributed by atoms with E-state index in [9.17, 15) is 14.4 Å². The molecule has 0 saturated carbocycles. The van der Waals surface area contributed by atoms with Crippen LogP contribution in [0.1, 0.15) is 20.7 Å². The first-order valence-corrected chi connectivity index (χ1v) is 12.0. The van der Waals surface area contributed by atoms with Crippen LogP contribution in [0.15, 0.2) is 82.6 Å². The van der Waals surface area contributed by atoms with Gasteiger partial charge in [0, 0.05) is 49.6 Å². The van der Waals surface area contributed by atoms with Crippen molar-refractivity contribution in [2.45, 2.75) is 0 Å². The topological polar surface area (TPSA) is 114 Å². The molecule has 3 aromatic rings. The second-order valence-electron chi connectivity index (χ2n) is 8.66. The summed E-state index contributed by atoms with van der Waals surface area (Å²) in [5, 5.41) is 0.705. The minimum atomic E-state index is -0.653. The second kappa shape index (κ2) is 10.6. The molecule has 1 saturated heterocycles. The van der Waals surface area contributed by atoms with Gasteiger partial charge in [-0.1, -0.05) is 6.07 Å². The van der Waals surface area contributed by atoms with E-state index >= 15 is 0 Å². The number of piperazine rings is 1. The quantitative estimate of drug-likeness (QED) is 0.365. The van der Waals surface area contributed by atoms with E-state index in [-0.39, 0.29) is 11.6 Å². The molecule has 10 nitrogen and oxygen atoms in total. The van der Waals surface area contributed by atoms with Gasteiger partial charge in [-0.3, -0.25) is 14.4 Å². The summed E-state index contributed by atoms with van der Waals surface area (Å²) >= 11 is 0. The van der Waals surface area contributed by atoms with Crippen molar-refractivity contribution < 1.29 is 23.9 Å². The molecule has 2 aliphatic heterocycles. The van der Waals surface area contributed by atoms with Crippen LogP contribution < -0.4 is 25.1 Å². The van der Waals surface area contributed by atoms with Gasteiger partial charge < -0.3 is 19.3 Å². The maximum Gasteiger partial charge on any atom is 0.296 e. The molecule has 5 rings (SSSR count). The lowest BCUT2D eigenvalue weighted by Crippen LogP contribution is -2.49. The number of ketones is 1. The van der Waals surface area contributed by atoms with Crippen LogP contribution in [0.4, 0.5) is 5.82 Å². The van der Waals surface area contributed by atoms with Crippen LogP contribution in [0.5, 0.6) is 11.5 Å². The van der Waals surface area contributed by atoms with E-state index in [1.165, 1.54) is 20.3 Å². The Labute approximate surface area is 218 Å². The highest BCUT2D eigenvalue weighted by atomic mass is 16.5. The smallest absolute Gasteiger partial charge is 0.296 e. The Morgan fingerprint density at radius 3 is 2.32 bits per heavy atom. The maximum atomic E-state index is 13.1. The molecule has 1 aromatic heterocycles. The zero-order chi connectivity index (χ0) is 26.6. The van der Waals surface area contributed by atoms with Crippen molar-refractivity contribution in [1.82, 2.24) is 9.88 Å². The first-order chi connectivity index (χ1) is 18.5. The zero-order valence-electron chi connectivity index (χ0n) is 21.0. The number of allylic oxidation sites excluding steroid dienone is 1. The Bertz CT molecular complexity index is 1560. The van der Waals surface area contributed by atoms with Crippen molar-refractivity contribution in [1.29, 1.82) is 0 Å². The number of pyridine rings is 1. The number of rotatable bonds is 6. The molecule has 0 spiro atoms. The van der Waals surface area contributed by atoms with Crippen LogP contribution in [0.3, 0.4) is 0 Å². The van der Waals surface area contributed by atoms with Gasteiger partial charge in [0.2, 0.25) is 0 Å². The molecule has 3 heterocycles. The number of fused-ring (bicyclic) bond motifs is 1. The van der Waals surface area contributed by atoms with Gasteiger partial charge >= 0.3 is 0 Å². The van der Waals surface area contributed by atoms with E-state index in [2.05, 4.69) is 19.9 Å². The minimum Gasteiger partial charge on any atom is -0.493 e. The minimum absolute atomic E-state index is 0.0815. The van der Waals surface area contributed by atoms with Crippen molar-refractivity contribution in [2.24, 2.45) is 9.98 Å². The first kappa shape index (κ1) is 24.8. The Kier molecular flexibility index (Phi) is 6.94. The first-order valence-electron chi connectivity index (χ1n) is 12.0. The van der Waals surface area contributed by atoms with Crippen LogP contribution in [0.25, 0.3) is 0 Å². The van der Waals surface area contributed by atoms with Crippen LogP contribution in [-0.2, 0) is 4.79 Å². The molecule has 0 radical (unpaired) electrons. The zero-order valence-corrected chi connectivity index (χ0v) is 21.0. The van der Waals surface area contributed by atoms with Gasteiger partial charge in [0.15, 0.2) is 17.3 Å². The van der Waals surface area contributed by atoms with Crippen molar-refractivity contribution in [3.63, 3.8) is 0 Å². The SMILES string of the molecule is COc1ccc(C(=O)/C=C2\N=c3ccc(C(=O)N4CCN(c5ccccn5)CC4)cc3=NC2=O)cc1OC. The molecule has 2 aromatic carbocycles. The number of hydrogen-bond donors (Lipinski definition) is 0. The van der Waals surface area contributed by atoms with E-state index in [0.717, 1.165) is 11.9 Å². The average Bonchev–Trinajstić information content (AvgIpc) is 2.97. The maximum absolute atomic E-state index is 13.1. The standard InChI is InChI=1S/C28H25N5O5/c1-37-24-9-7-18(16-25(24)38-2)23(34)17-22-27(35)31-21-15-19(6-8-20(21)30-22)28(36)33-13-11-32(12-14-33)26-5-3-4-10-29-26/h3-10,15-17H,11-14H2,1-2H3/b22-17-. The Balaban J connectivity index is 1.32. The summed E-state index contributed by atoms with van der Waals surface area (Å²) in [6.45, 7) is 2.46. The van der Waals surface area contributed by atoms with Gasteiger partial charge in [-0.15, -0.1) is 0 Å². The summed E-state index contributed by atoms with van der Waals surface area (Å²) in [5.74, 6) is 0.559. The monoisotopic (exact) mass is 511 g/mol. The lowest BCUT2D eigenvalue weighted by atomic mass is 10.1. The van der Waals surface area contributed by atoms with E-state index in [1.807, 2.05) is 18.2 Å². The number of hydrogen-bond acceptors (Lipinski definition) is 8. The number of carbonyl (C=O) groups is 3. The molecule has 0 atom stereocenters. The Morgan fingerprint density at radius 1 is 0.842 bits per heavy atom. The number of methoxy groups -OCH3 is 2. The van der Waals surface area contributed by atoms with E-state index in [4.69, 9.17) is 9.47 Å². The van der Waals surface area contributed by atoms with Crippen molar-refractivity contribution in [3.05, 3.63) is 94.4 Å². The fourth-order valence-electron chi connectivity index (χ4n) is 4.34. The third kappa shape index (κ3) is 5.01. The molecule has 0 N–H and O–H groups in total. The van der Waals surface area contributed by atoms with Gasteiger partial charge in [-0.25, -0.2) is 15.0 Å². The van der Waals surface area contributed by atoms with Crippen LogP contribution in [0.2, 0.25) is 0 Å². The fourth-order valence-corrected chi connectivity index (χ4v) is 4.34. The molecule has 1 fully saturated rings. The summed E-state index contributed by atoms with van der Waals surface area (Å²) in [6, 6.07) is 15.3. The normalized spacial score (nSPS) is 15.8. The van der Waals surface area contributed by atoms with Gasteiger partial charge in [0.1, 0.15) is 11.5 Å². The lowest BCUT2D eigenvalue weighted by molar-refractivity contribution is -0.114. The number of amides is 2. The number of anilines is 1. The van der Waals surface area contributed by atoms with Gasteiger partial charge in [0.05, 0.1) is 24.9 Å². The molecular weight excluding hydrogens is 486 g/mol. The van der Waals surface area contributed by atoms with E-state index in [1.54, 1.807) is 41.4 Å². The molecule has 0 bridgehead atoms. The highest BCUT2D eigenvalue weighted by Gasteiger charge is 2.24. The second-order valence-corrected chi connectivity index (χ2v) is 8.66. The number of nitrogens with zero attached hydrogens (tertiary/aromatic N) is 5. The summed E-state index contributed by atoms with van der Waals surface area (Å²) in [5.41, 5.74) is 0.658. The molecule has 2 aliphatic rings.